The van der Waals surface area contributed by atoms with Gasteiger partial charge in [-0.15, -0.1) is 0 Å². The first-order valence-corrected chi connectivity index (χ1v) is 6.93. The van der Waals surface area contributed by atoms with Crippen LogP contribution in [-0.4, -0.2) is 24.6 Å². The first-order chi connectivity index (χ1) is 8.36. The van der Waals surface area contributed by atoms with Crippen LogP contribution >= 0.6 is 0 Å². The molecule has 7 heteroatoms. The van der Waals surface area contributed by atoms with Gasteiger partial charge in [0.25, 0.3) is 5.56 Å². The number of nitrogen functional groups attached to an aromatic ring is 1. The molecule has 18 heavy (non-hydrogen) atoms. The van der Waals surface area contributed by atoms with Crippen molar-refractivity contribution >= 4 is 15.8 Å². The van der Waals surface area contributed by atoms with E-state index in [0.29, 0.717) is 11.3 Å². The third kappa shape index (κ3) is 2.57. The number of rotatable bonds is 2. The molecule has 1 aromatic heterocycles. The van der Waals surface area contributed by atoms with Crippen LogP contribution in [0.25, 0.3) is 11.3 Å². The number of hydrogen-bond donors (Lipinski definition) is 2. The molecule has 1 aromatic carbocycles. The summed E-state index contributed by atoms with van der Waals surface area (Å²) in [7, 11) is -3.23. The van der Waals surface area contributed by atoms with E-state index < -0.39 is 9.84 Å². The fraction of sp³-hybridized carbons (Fsp3) is 0.0909. The molecule has 0 unspecified atom stereocenters. The molecule has 0 amide bonds. The van der Waals surface area contributed by atoms with Crippen LogP contribution in [0.1, 0.15) is 0 Å². The van der Waals surface area contributed by atoms with E-state index in [9.17, 15) is 13.2 Å². The Morgan fingerprint density at radius 3 is 2.33 bits per heavy atom. The highest BCUT2D eigenvalue weighted by atomic mass is 32.2. The van der Waals surface area contributed by atoms with Gasteiger partial charge in [0.2, 0.25) is 5.95 Å². The normalized spacial score (nSPS) is 11.4. The predicted octanol–water partition coefficient (Wildman–Crippen LogP) is 0.423. The highest BCUT2D eigenvalue weighted by Crippen LogP contribution is 2.18. The third-order valence-corrected chi connectivity index (χ3v) is 3.47. The van der Waals surface area contributed by atoms with Gasteiger partial charge in [0.1, 0.15) is 0 Å². The fourth-order valence-corrected chi connectivity index (χ4v) is 2.13. The molecule has 0 saturated carbocycles. The first-order valence-electron chi connectivity index (χ1n) is 5.03. The van der Waals surface area contributed by atoms with Crippen molar-refractivity contribution in [2.75, 3.05) is 12.0 Å². The molecule has 0 atom stereocenters. The molecule has 0 aliphatic heterocycles. The van der Waals surface area contributed by atoms with Crippen molar-refractivity contribution in [1.82, 2.24) is 9.97 Å². The van der Waals surface area contributed by atoms with Crippen LogP contribution in [-0.2, 0) is 9.84 Å². The lowest BCUT2D eigenvalue weighted by atomic mass is 10.1. The smallest absolute Gasteiger partial charge is 0.252 e. The van der Waals surface area contributed by atoms with Crippen LogP contribution in [0.5, 0.6) is 0 Å². The topological polar surface area (TPSA) is 106 Å². The molecule has 0 spiro atoms. The minimum Gasteiger partial charge on any atom is -0.369 e. The van der Waals surface area contributed by atoms with Gasteiger partial charge < -0.3 is 5.73 Å². The molecule has 0 fully saturated rings. The number of nitrogens with two attached hydrogens (primary N) is 1. The van der Waals surface area contributed by atoms with Gasteiger partial charge >= 0.3 is 0 Å². The standard InChI is InChI=1S/C11H11N3O3S/c1-18(16,17)8-4-2-7(3-5-8)9-6-10(15)14-11(12)13-9/h2-6H,1H3,(H3,12,13,14,15). The predicted molar refractivity (Wildman–Crippen MR) is 67.8 cm³/mol. The lowest BCUT2D eigenvalue weighted by Gasteiger charge is -2.03. The van der Waals surface area contributed by atoms with Crippen molar-refractivity contribution in [1.29, 1.82) is 0 Å². The van der Waals surface area contributed by atoms with Crippen LogP contribution in [0.4, 0.5) is 5.95 Å². The van der Waals surface area contributed by atoms with Gasteiger partial charge in [0, 0.05) is 17.9 Å². The zero-order valence-corrected chi connectivity index (χ0v) is 10.4. The number of nitrogens with zero attached hydrogens (tertiary/aromatic N) is 1. The maximum atomic E-state index is 11.3. The molecule has 1 heterocycles. The number of aromatic nitrogens is 2. The monoisotopic (exact) mass is 265 g/mol. The average molecular weight is 265 g/mol. The zero-order chi connectivity index (χ0) is 13.3. The highest BCUT2D eigenvalue weighted by Gasteiger charge is 2.08. The molecular weight excluding hydrogens is 254 g/mol. The average Bonchev–Trinajstić information content (AvgIpc) is 2.27. The lowest BCUT2D eigenvalue weighted by Crippen LogP contribution is -2.10. The molecule has 2 rings (SSSR count). The summed E-state index contributed by atoms with van der Waals surface area (Å²) in [6.45, 7) is 0. The van der Waals surface area contributed by atoms with Gasteiger partial charge in [0.05, 0.1) is 10.6 Å². The molecule has 6 nitrogen and oxygen atoms in total. The minimum atomic E-state index is -3.23. The van der Waals surface area contributed by atoms with Gasteiger partial charge in [-0.1, -0.05) is 12.1 Å². The Labute approximate surface area is 103 Å². The Hall–Kier alpha value is -2.15. The molecule has 0 radical (unpaired) electrons. The second-order valence-electron chi connectivity index (χ2n) is 3.81. The molecule has 0 bridgehead atoms. The highest BCUT2D eigenvalue weighted by molar-refractivity contribution is 7.90. The first kappa shape index (κ1) is 12.3. The van der Waals surface area contributed by atoms with Gasteiger partial charge in [-0.25, -0.2) is 13.4 Å². The van der Waals surface area contributed by atoms with Crippen molar-refractivity contribution in [2.24, 2.45) is 0 Å². The number of anilines is 1. The molecular formula is C11H11N3O3S. The number of nitrogens with one attached hydrogen (secondary N) is 1. The summed E-state index contributed by atoms with van der Waals surface area (Å²) >= 11 is 0. The SMILES string of the molecule is CS(=O)(=O)c1ccc(-c2cc(=O)[nH]c(N)n2)cc1. The summed E-state index contributed by atoms with van der Waals surface area (Å²) in [5.41, 5.74) is 6.10. The summed E-state index contributed by atoms with van der Waals surface area (Å²) < 4.78 is 22.6. The van der Waals surface area contributed by atoms with Crippen LogP contribution < -0.4 is 11.3 Å². The quantitative estimate of drug-likeness (QED) is 0.818. The maximum absolute atomic E-state index is 11.3. The summed E-state index contributed by atoms with van der Waals surface area (Å²) in [6, 6.07) is 7.38. The van der Waals surface area contributed by atoms with E-state index >= 15 is 0 Å². The van der Waals surface area contributed by atoms with Crippen molar-refractivity contribution in [3.8, 4) is 11.3 Å². The van der Waals surface area contributed by atoms with E-state index in [1.807, 2.05) is 0 Å². The van der Waals surface area contributed by atoms with E-state index in [4.69, 9.17) is 5.73 Å². The Morgan fingerprint density at radius 1 is 1.22 bits per heavy atom. The molecule has 3 N–H and O–H groups in total. The van der Waals surface area contributed by atoms with Crippen molar-refractivity contribution < 1.29 is 8.42 Å². The Bertz CT molecular complexity index is 733. The van der Waals surface area contributed by atoms with Crippen LogP contribution in [0.2, 0.25) is 0 Å². The zero-order valence-electron chi connectivity index (χ0n) is 9.54. The third-order valence-electron chi connectivity index (χ3n) is 2.34. The molecule has 0 aliphatic carbocycles. The number of hydrogen-bond acceptors (Lipinski definition) is 5. The van der Waals surface area contributed by atoms with Crippen LogP contribution in [0.15, 0.2) is 40.0 Å². The summed E-state index contributed by atoms with van der Waals surface area (Å²) in [5, 5.41) is 0. The van der Waals surface area contributed by atoms with Crippen LogP contribution in [0.3, 0.4) is 0 Å². The van der Waals surface area contributed by atoms with Crippen molar-refractivity contribution in [3.05, 3.63) is 40.7 Å². The number of sulfone groups is 1. The van der Waals surface area contributed by atoms with Gasteiger partial charge in [0.15, 0.2) is 9.84 Å². The number of aromatic amines is 1. The van der Waals surface area contributed by atoms with Gasteiger partial charge in [-0.2, -0.15) is 0 Å². The molecule has 2 aromatic rings. The van der Waals surface area contributed by atoms with Crippen molar-refractivity contribution in [3.63, 3.8) is 0 Å². The molecule has 0 saturated heterocycles. The lowest BCUT2D eigenvalue weighted by molar-refractivity contribution is 0.602. The Balaban J connectivity index is 2.50. The Kier molecular flexibility index (Phi) is 2.92. The Morgan fingerprint density at radius 2 is 1.83 bits per heavy atom. The second kappa shape index (κ2) is 4.26. The summed E-state index contributed by atoms with van der Waals surface area (Å²) in [4.78, 5) is 17.8. The van der Waals surface area contributed by atoms with E-state index in [2.05, 4.69) is 9.97 Å². The van der Waals surface area contributed by atoms with Gasteiger partial charge in [-0.05, 0) is 12.1 Å². The number of benzene rings is 1. The largest absolute Gasteiger partial charge is 0.369 e. The van der Waals surface area contributed by atoms with E-state index in [1.165, 1.54) is 18.2 Å². The maximum Gasteiger partial charge on any atom is 0.252 e. The molecule has 0 aliphatic rings. The van der Waals surface area contributed by atoms with Crippen molar-refractivity contribution in [2.45, 2.75) is 4.90 Å². The van der Waals surface area contributed by atoms with E-state index in [-0.39, 0.29) is 16.4 Å². The van der Waals surface area contributed by atoms with Gasteiger partial charge in [-0.3, -0.25) is 9.78 Å². The number of H-pyrrole nitrogens is 1. The van der Waals surface area contributed by atoms with E-state index in [0.717, 1.165) is 6.26 Å². The van der Waals surface area contributed by atoms with Crippen LogP contribution in [0, 0.1) is 0 Å². The second-order valence-corrected chi connectivity index (χ2v) is 5.83. The summed E-state index contributed by atoms with van der Waals surface area (Å²) in [6.07, 6.45) is 1.13. The summed E-state index contributed by atoms with van der Waals surface area (Å²) in [5.74, 6) is 0.0182. The van der Waals surface area contributed by atoms with E-state index in [1.54, 1.807) is 12.1 Å². The fourth-order valence-electron chi connectivity index (χ4n) is 1.50. The minimum absolute atomic E-state index is 0.0182. The molecule has 94 valence electrons.